The fraction of sp³-hybridized carbons (Fsp3) is 0.238. The highest BCUT2D eigenvalue weighted by molar-refractivity contribution is 7.89. The Bertz CT molecular complexity index is 1140. The molecule has 152 valence electrons. The standard InChI is InChI=1S/C21H24N4O3S/c1-14-13-19(16(3)25(14)20-7-5-6-12-23-20)21(26)24(4)15(2)17-8-10-18(11-9-17)29(22,27)28/h5-13,15H,1-4H3,(H2,22,27,28). The Labute approximate surface area is 170 Å². The van der Waals surface area contributed by atoms with Crippen molar-refractivity contribution < 1.29 is 13.2 Å². The summed E-state index contributed by atoms with van der Waals surface area (Å²) in [7, 11) is -2.02. The van der Waals surface area contributed by atoms with Gasteiger partial charge in [-0.3, -0.25) is 4.79 Å². The van der Waals surface area contributed by atoms with Crippen LogP contribution in [0.25, 0.3) is 5.82 Å². The maximum absolute atomic E-state index is 13.2. The number of rotatable bonds is 5. The van der Waals surface area contributed by atoms with Gasteiger partial charge in [-0.25, -0.2) is 18.5 Å². The van der Waals surface area contributed by atoms with E-state index in [-0.39, 0.29) is 16.8 Å². The van der Waals surface area contributed by atoms with E-state index in [0.29, 0.717) is 5.56 Å². The summed E-state index contributed by atoms with van der Waals surface area (Å²) in [5.74, 6) is 0.638. The van der Waals surface area contributed by atoms with Crippen LogP contribution in [-0.4, -0.2) is 35.8 Å². The summed E-state index contributed by atoms with van der Waals surface area (Å²) in [5, 5.41) is 5.15. The number of sulfonamides is 1. The van der Waals surface area contributed by atoms with Gasteiger partial charge in [-0.15, -0.1) is 0 Å². The molecule has 0 saturated carbocycles. The molecule has 29 heavy (non-hydrogen) atoms. The van der Waals surface area contributed by atoms with E-state index in [4.69, 9.17) is 5.14 Å². The molecule has 8 heteroatoms. The Hall–Kier alpha value is -2.97. The molecule has 0 aliphatic carbocycles. The molecule has 1 amide bonds. The van der Waals surface area contributed by atoms with Crippen LogP contribution in [0.15, 0.2) is 59.6 Å². The van der Waals surface area contributed by atoms with Crippen LogP contribution < -0.4 is 5.14 Å². The van der Waals surface area contributed by atoms with E-state index >= 15 is 0 Å². The number of hydrogen-bond donors (Lipinski definition) is 1. The highest BCUT2D eigenvalue weighted by Gasteiger charge is 2.24. The average molecular weight is 413 g/mol. The van der Waals surface area contributed by atoms with Crippen LogP contribution in [0.1, 0.15) is 40.3 Å². The maximum atomic E-state index is 13.2. The molecule has 0 aliphatic heterocycles. The van der Waals surface area contributed by atoms with Crippen molar-refractivity contribution in [3.63, 3.8) is 0 Å². The third kappa shape index (κ3) is 4.08. The van der Waals surface area contributed by atoms with Gasteiger partial charge in [0, 0.05) is 24.6 Å². The minimum Gasteiger partial charge on any atom is -0.335 e. The average Bonchev–Trinajstić information content (AvgIpc) is 3.00. The lowest BCUT2D eigenvalue weighted by atomic mass is 10.1. The third-order valence-corrected chi connectivity index (χ3v) is 6.06. The first-order chi connectivity index (χ1) is 13.6. The molecule has 1 aromatic carbocycles. The summed E-state index contributed by atoms with van der Waals surface area (Å²) >= 11 is 0. The molecule has 0 radical (unpaired) electrons. The summed E-state index contributed by atoms with van der Waals surface area (Å²) < 4.78 is 24.8. The number of benzene rings is 1. The van der Waals surface area contributed by atoms with Gasteiger partial charge in [0.1, 0.15) is 5.82 Å². The summed E-state index contributed by atoms with van der Waals surface area (Å²) in [4.78, 5) is 19.2. The van der Waals surface area contributed by atoms with Gasteiger partial charge in [0.25, 0.3) is 5.91 Å². The molecule has 2 heterocycles. The van der Waals surface area contributed by atoms with Crippen LogP contribution >= 0.6 is 0 Å². The number of carbonyl (C=O) groups is 1. The number of aromatic nitrogens is 2. The van der Waals surface area contributed by atoms with E-state index in [0.717, 1.165) is 22.8 Å². The molecule has 2 aromatic heterocycles. The van der Waals surface area contributed by atoms with Gasteiger partial charge in [-0.05, 0) is 56.7 Å². The van der Waals surface area contributed by atoms with E-state index in [9.17, 15) is 13.2 Å². The predicted molar refractivity (Wildman–Crippen MR) is 111 cm³/mol. The molecule has 3 rings (SSSR count). The highest BCUT2D eigenvalue weighted by Crippen LogP contribution is 2.25. The van der Waals surface area contributed by atoms with Crippen LogP contribution in [0.3, 0.4) is 0 Å². The normalized spacial score (nSPS) is 12.6. The maximum Gasteiger partial charge on any atom is 0.255 e. The van der Waals surface area contributed by atoms with Crippen molar-refractivity contribution in [3.05, 3.63) is 77.2 Å². The zero-order valence-corrected chi connectivity index (χ0v) is 17.6. The molecular formula is C21H24N4O3S. The van der Waals surface area contributed by atoms with Crippen LogP contribution in [0.5, 0.6) is 0 Å². The fourth-order valence-electron chi connectivity index (χ4n) is 3.34. The molecular weight excluding hydrogens is 388 g/mol. The number of carbonyl (C=O) groups excluding carboxylic acids is 1. The van der Waals surface area contributed by atoms with Gasteiger partial charge in [0.2, 0.25) is 10.0 Å². The second-order valence-electron chi connectivity index (χ2n) is 7.01. The van der Waals surface area contributed by atoms with Crippen LogP contribution in [0.4, 0.5) is 0 Å². The van der Waals surface area contributed by atoms with Gasteiger partial charge < -0.3 is 9.47 Å². The van der Waals surface area contributed by atoms with Crippen LogP contribution in [-0.2, 0) is 10.0 Å². The van der Waals surface area contributed by atoms with E-state index in [1.165, 1.54) is 12.1 Å². The van der Waals surface area contributed by atoms with Gasteiger partial charge in [-0.1, -0.05) is 18.2 Å². The largest absolute Gasteiger partial charge is 0.335 e. The minimum absolute atomic E-state index is 0.0429. The third-order valence-electron chi connectivity index (χ3n) is 5.13. The monoisotopic (exact) mass is 412 g/mol. The minimum atomic E-state index is -3.75. The van der Waals surface area contributed by atoms with E-state index < -0.39 is 10.0 Å². The first kappa shape index (κ1) is 20.8. The zero-order chi connectivity index (χ0) is 21.3. The van der Waals surface area contributed by atoms with Crippen molar-refractivity contribution in [1.29, 1.82) is 0 Å². The lowest BCUT2D eigenvalue weighted by Crippen LogP contribution is -2.30. The number of hydrogen-bond acceptors (Lipinski definition) is 4. The number of pyridine rings is 1. The van der Waals surface area contributed by atoms with Crippen molar-refractivity contribution in [2.75, 3.05) is 7.05 Å². The number of nitrogens with zero attached hydrogens (tertiary/aromatic N) is 3. The topological polar surface area (TPSA) is 98.3 Å². The van der Waals surface area contributed by atoms with Crippen molar-refractivity contribution in [3.8, 4) is 5.82 Å². The number of aryl methyl sites for hydroxylation is 1. The molecule has 1 atom stereocenters. The van der Waals surface area contributed by atoms with Crippen molar-refractivity contribution in [2.45, 2.75) is 31.7 Å². The molecule has 0 bridgehead atoms. The van der Waals surface area contributed by atoms with Crippen LogP contribution in [0, 0.1) is 13.8 Å². The van der Waals surface area contributed by atoms with Gasteiger partial charge in [0.05, 0.1) is 16.5 Å². The Morgan fingerprint density at radius 3 is 2.34 bits per heavy atom. The second kappa shape index (κ2) is 7.81. The first-order valence-electron chi connectivity index (χ1n) is 9.11. The molecule has 0 saturated heterocycles. The zero-order valence-electron chi connectivity index (χ0n) is 16.8. The fourth-order valence-corrected chi connectivity index (χ4v) is 3.86. The first-order valence-corrected chi connectivity index (χ1v) is 10.7. The molecule has 3 aromatic rings. The van der Waals surface area contributed by atoms with Crippen LogP contribution in [0.2, 0.25) is 0 Å². The van der Waals surface area contributed by atoms with E-state index in [1.807, 2.05) is 49.6 Å². The summed E-state index contributed by atoms with van der Waals surface area (Å²) in [6.45, 7) is 5.73. The Balaban J connectivity index is 1.89. The van der Waals surface area contributed by atoms with E-state index in [2.05, 4.69) is 4.98 Å². The van der Waals surface area contributed by atoms with E-state index in [1.54, 1.807) is 30.3 Å². The van der Waals surface area contributed by atoms with Gasteiger partial charge in [0.15, 0.2) is 0 Å². The van der Waals surface area contributed by atoms with Gasteiger partial charge in [-0.2, -0.15) is 0 Å². The van der Waals surface area contributed by atoms with Gasteiger partial charge >= 0.3 is 0 Å². The number of primary sulfonamides is 1. The molecule has 7 nitrogen and oxygen atoms in total. The van der Waals surface area contributed by atoms with Crippen molar-refractivity contribution in [2.24, 2.45) is 5.14 Å². The SMILES string of the molecule is Cc1cc(C(=O)N(C)C(C)c2ccc(S(N)(=O)=O)cc2)c(C)n1-c1ccccn1. The smallest absolute Gasteiger partial charge is 0.255 e. The number of nitrogens with two attached hydrogens (primary N) is 1. The predicted octanol–water partition coefficient (Wildman–Crippen LogP) is 2.97. The summed E-state index contributed by atoms with van der Waals surface area (Å²) in [6, 6.07) is 13.5. The molecule has 2 N–H and O–H groups in total. The summed E-state index contributed by atoms with van der Waals surface area (Å²) in [5.41, 5.74) is 3.15. The van der Waals surface area contributed by atoms with Crippen molar-refractivity contribution >= 4 is 15.9 Å². The Morgan fingerprint density at radius 2 is 1.79 bits per heavy atom. The molecule has 1 unspecified atom stereocenters. The summed E-state index contributed by atoms with van der Waals surface area (Å²) in [6.07, 6.45) is 1.72. The molecule has 0 spiro atoms. The Kier molecular flexibility index (Phi) is 5.59. The molecule has 0 fully saturated rings. The quantitative estimate of drug-likeness (QED) is 0.696. The van der Waals surface area contributed by atoms with Crippen molar-refractivity contribution in [1.82, 2.24) is 14.5 Å². The highest BCUT2D eigenvalue weighted by atomic mass is 32.2. The number of amides is 1. The lowest BCUT2D eigenvalue weighted by molar-refractivity contribution is 0.0742. The Morgan fingerprint density at radius 1 is 1.14 bits per heavy atom. The molecule has 0 aliphatic rings. The lowest BCUT2D eigenvalue weighted by Gasteiger charge is -2.25. The second-order valence-corrected chi connectivity index (χ2v) is 8.58.